The highest BCUT2D eigenvalue weighted by Crippen LogP contribution is 2.31. The summed E-state index contributed by atoms with van der Waals surface area (Å²) in [6, 6.07) is 12.6. The van der Waals surface area contributed by atoms with Crippen molar-refractivity contribution in [3.63, 3.8) is 0 Å². The third kappa shape index (κ3) is 2.83. The van der Waals surface area contributed by atoms with Crippen LogP contribution in [-0.4, -0.2) is 25.5 Å². The SMILES string of the molecule is COc1ccc(Br)c2cc(S(=O)(=O)c3cc4ccccc4[nH]c3=O)c(=O)[nH]c12. The maximum atomic E-state index is 13.1. The van der Waals surface area contributed by atoms with Crippen molar-refractivity contribution in [1.29, 1.82) is 0 Å². The van der Waals surface area contributed by atoms with Crippen LogP contribution in [0.4, 0.5) is 0 Å². The van der Waals surface area contributed by atoms with Crippen LogP contribution in [0.15, 0.2) is 72.4 Å². The molecule has 142 valence electrons. The summed E-state index contributed by atoms with van der Waals surface area (Å²) in [4.78, 5) is 29.1. The Bertz CT molecular complexity index is 1470. The zero-order valence-corrected chi connectivity index (χ0v) is 16.8. The van der Waals surface area contributed by atoms with Crippen LogP contribution in [0.5, 0.6) is 5.75 Å². The molecular weight excluding hydrogens is 448 g/mol. The number of hydrogen-bond acceptors (Lipinski definition) is 5. The van der Waals surface area contributed by atoms with Gasteiger partial charge in [0.25, 0.3) is 11.1 Å². The minimum atomic E-state index is -4.37. The lowest BCUT2D eigenvalue weighted by Crippen LogP contribution is -2.23. The molecule has 2 N–H and O–H groups in total. The summed E-state index contributed by atoms with van der Waals surface area (Å²) in [6.07, 6.45) is 0. The topological polar surface area (TPSA) is 109 Å². The fraction of sp³-hybridized carbons (Fsp3) is 0.0526. The number of hydrogen-bond donors (Lipinski definition) is 2. The quantitative estimate of drug-likeness (QED) is 0.488. The van der Waals surface area contributed by atoms with E-state index in [9.17, 15) is 18.0 Å². The Kier molecular flexibility index (Phi) is 4.35. The van der Waals surface area contributed by atoms with Gasteiger partial charge in [0.05, 0.1) is 12.6 Å². The molecule has 4 rings (SSSR count). The van der Waals surface area contributed by atoms with E-state index in [1.54, 1.807) is 36.4 Å². The number of fused-ring (bicyclic) bond motifs is 2. The van der Waals surface area contributed by atoms with Crippen molar-refractivity contribution in [3.8, 4) is 5.75 Å². The van der Waals surface area contributed by atoms with Gasteiger partial charge in [-0.15, -0.1) is 0 Å². The van der Waals surface area contributed by atoms with Gasteiger partial charge in [0.2, 0.25) is 9.84 Å². The lowest BCUT2D eigenvalue weighted by molar-refractivity contribution is 0.418. The molecule has 0 bridgehead atoms. The molecule has 0 amide bonds. The number of ether oxygens (including phenoxy) is 1. The largest absolute Gasteiger partial charge is 0.495 e. The number of para-hydroxylation sites is 1. The highest BCUT2D eigenvalue weighted by Gasteiger charge is 2.26. The van der Waals surface area contributed by atoms with E-state index in [1.807, 2.05) is 0 Å². The van der Waals surface area contributed by atoms with Crippen molar-refractivity contribution in [2.75, 3.05) is 7.11 Å². The molecule has 0 unspecified atom stereocenters. The van der Waals surface area contributed by atoms with Gasteiger partial charge in [-0.2, -0.15) is 0 Å². The van der Waals surface area contributed by atoms with E-state index in [2.05, 4.69) is 25.9 Å². The molecule has 2 aromatic heterocycles. The second kappa shape index (κ2) is 6.61. The molecule has 4 aromatic rings. The van der Waals surface area contributed by atoms with E-state index in [0.717, 1.165) is 0 Å². The van der Waals surface area contributed by atoms with Crippen LogP contribution in [-0.2, 0) is 9.84 Å². The predicted octanol–water partition coefficient (Wildman–Crippen LogP) is 2.97. The van der Waals surface area contributed by atoms with Gasteiger partial charge >= 0.3 is 0 Å². The summed E-state index contributed by atoms with van der Waals surface area (Å²) >= 11 is 3.35. The highest BCUT2D eigenvalue weighted by molar-refractivity contribution is 9.10. The normalized spacial score (nSPS) is 11.8. The summed E-state index contributed by atoms with van der Waals surface area (Å²) in [5.41, 5.74) is -0.765. The first-order valence-electron chi connectivity index (χ1n) is 8.09. The third-order valence-electron chi connectivity index (χ3n) is 4.41. The molecule has 0 atom stereocenters. The van der Waals surface area contributed by atoms with Crippen LogP contribution in [0, 0.1) is 0 Å². The third-order valence-corrected chi connectivity index (χ3v) is 6.87. The lowest BCUT2D eigenvalue weighted by Gasteiger charge is -2.10. The number of aromatic amines is 2. The minimum absolute atomic E-state index is 0.355. The van der Waals surface area contributed by atoms with Crippen LogP contribution >= 0.6 is 15.9 Å². The average Bonchev–Trinajstić information content (AvgIpc) is 2.67. The Balaban J connectivity index is 2.03. The second-order valence-electron chi connectivity index (χ2n) is 6.05. The molecule has 0 saturated heterocycles. The van der Waals surface area contributed by atoms with E-state index in [0.29, 0.717) is 32.0 Å². The predicted molar refractivity (Wildman–Crippen MR) is 109 cm³/mol. The number of nitrogens with one attached hydrogen (secondary N) is 2. The van der Waals surface area contributed by atoms with Crippen LogP contribution in [0.1, 0.15) is 0 Å². The van der Waals surface area contributed by atoms with E-state index < -0.39 is 30.7 Å². The maximum Gasteiger partial charge on any atom is 0.267 e. The summed E-state index contributed by atoms with van der Waals surface area (Å²) < 4.78 is 32.1. The minimum Gasteiger partial charge on any atom is -0.495 e. The molecular formula is C19H13BrN2O5S. The number of H-pyrrole nitrogens is 2. The molecule has 0 saturated carbocycles. The molecule has 0 spiro atoms. The van der Waals surface area contributed by atoms with Gasteiger partial charge in [-0.3, -0.25) is 9.59 Å². The van der Waals surface area contributed by atoms with Gasteiger partial charge < -0.3 is 14.7 Å². The lowest BCUT2D eigenvalue weighted by atomic mass is 10.2. The van der Waals surface area contributed by atoms with Crippen LogP contribution in [0.2, 0.25) is 0 Å². The standard InChI is InChI=1S/C19H13BrN2O5S/c1-27-14-7-6-12(20)11-9-16(19(24)22-17(11)14)28(25,26)15-8-10-4-2-3-5-13(10)21-18(15)23/h2-9H,1H3,(H,21,23)(H,22,24). The van der Waals surface area contributed by atoms with Gasteiger partial charge in [-0.1, -0.05) is 34.1 Å². The van der Waals surface area contributed by atoms with Crippen LogP contribution in [0.25, 0.3) is 21.8 Å². The highest BCUT2D eigenvalue weighted by atomic mass is 79.9. The molecule has 2 aromatic carbocycles. The summed E-state index contributed by atoms with van der Waals surface area (Å²) in [7, 11) is -2.92. The fourth-order valence-corrected chi connectivity index (χ4v) is 4.86. The fourth-order valence-electron chi connectivity index (χ4n) is 3.03. The van der Waals surface area contributed by atoms with Crippen LogP contribution in [0.3, 0.4) is 0 Å². The van der Waals surface area contributed by atoms with E-state index >= 15 is 0 Å². The zero-order chi connectivity index (χ0) is 20.1. The van der Waals surface area contributed by atoms with Gasteiger partial charge in [0, 0.05) is 15.4 Å². The molecule has 2 heterocycles. The van der Waals surface area contributed by atoms with Crippen molar-refractivity contribution in [2.24, 2.45) is 0 Å². The smallest absolute Gasteiger partial charge is 0.267 e. The van der Waals surface area contributed by atoms with Crippen molar-refractivity contribution >= 4 is 47.6 Å². The number of methoxy groups -OCH3 is 1. The van der Waals surface area contributed by atoms with Gasteiger partial charge in [0.15, 0.2) is 0 Å². The number of benzene rings is 2. The average molecular weight is 461 g/mol. The van der Waals surface area contributed by atoms with E-state index in [-0.39, 0.29) is 0 Å². The first kappa shape index (κ1) is 18.5. The Morgan fingerprint density at radius 2 is 1.61 bits per heavy atom. The Morgan fingerprint density at radius 3 is 2.36 bits per heavy atom. The van der Waals surface area contributed by atoms with Crippen molar-refractivity contribution in [2.45, 2.75) is 9.79 Å². The summed E-state index contributed by atoms with van der Waals surface area (Å²) in [6.45, 7) is 0. The van der Waals surface area contributed by atoms with Crippen molar-refractivity contribution in [1.82, 2.24) is 9.97 Å². The molecule has 9 heteroatoms. The van der Waals surface area contributed by atoms with Gasteiger partial charge in [0.1, 0.15) is 15.5 Å². The van der Waals surface area contributed by atoms with E-state index in [1.165, 1.54) is 19.2 Å². The number of sulfone groups is 1. The Morgan fingerprint density at radius 1 is 0.929 bits per heavy atom. The van der Waals surface area contributed by atoms with Gasteiger partial charge in [-0.05, 0) is 35.7 Å². The first-order chi connectivity index (χ1) is 13.3. The van der Waals surface area contributed by atoms with Crippen molar-refractivity contribution < 1.29 is 13.2 Å². The monoisotopic (exact) mass is 460 g/mol. The van der Waals surface area contributed by atoms with Crippen LogP contribution < -0.4 is 15.9 Å². The summed E-state index contributed by atoms with van der Waals surface area (Å²) in [5.74, 6) is 0.391. The summed E-state index contributed by atoms with van der Waals surface area (Å²) in [5, 5.41) is 0.982. The van der Waals surface area contributed by atoms with E-state index in [4.69, 9.17) is 4.74 Å². The number of halogens is 1. The molecule has 0 aliphatic heterocycles. The maximum absolute atomic E-state index is 13.1. The molecule has 0 fully saturated rings. The molecule has 28 heavy (non-hydrogen) atoms. The number of pyridine rings is 2. The number of aromatic nitrogens is 2. The van der Waals surface area contributed by atoms with Gasteiger partial charge in [-0.25, -0.2) is 8.42 Å². The Hall–Kier alpha value is -2.91. The second-order valence-corrected chi connectivity index (χ2v) is 8.80. The van der Waals surface area contributed by atoms with Crippen molar-refractivity contribution in [3.05, 3.63) is 73.7 Å². The zero-order valence-electron chi connectivity index (χ0n) is 14.4. The molecule has 7 nitrogen and oxygen atoms in total. The molecule has 0 aliphatic carbocycles. The first-order valence-corrected chi connectivity index (χ1v) is 10.4. The number of rotatable bonds is 3. The Labute approximate surface area is 167 Å². The molecule has 0 radical (unpaired) electrons. The molecule has 0 aliphatic rings.